The van der Waals surface area contributed by atoms with Crippen molar-refractivity contribution >= 4 is 5.91 Å². The molecule has 132 valence electrons. The van der Waals surface area contributed by atoms with E-state index in [1.54, 1.807) is 17.1 Å². The minimum Gasteiger partial charge on any atom is -0.348 e. The Balaban J connectivity index is 1.36. The number of nitrogens with zero attached hydrogens (tertiary/aromatic N) is 2. The number of rotatable bonds is 5. The summed E-state index contributed by atoms with van der Waals surface area (Å²) in [5, 5.41) is 7.17. The van der Waals surface area contributed by atoms with Crippen molar-refractivity contribution in [2.24, 2.45) is 0 Å². The molecule has 1 fully saturated rings. The molecule has 1 aliphatic heterocycles. The van der Waals surface area contributed by atoms with E-state index in [2.05, 4.69) is 32.3 Å². The van der Waals surface area contributed by atoms with Gasteiger partial charge in [0.15, 0.2) is 0 Å². The van der Waals surface area contributed by atoms with Gasteiger partial charge in [0.2, 0.25) is 0 Å². The lowest BCUT2D eigenvalue weighted by molar-refractivity contribution is 0.0951. The fraction of sp³-hybridized carbons (Fsp3) is 0.111. The number of hydrazine groups is 3. The van der Waals surface area contributed by atoms with Gasteiger partial charge in [-0.15, -0.1) is 0 Å². The first-order valence-electron chi connectivity index (χ1n) is 8.28. The Kier molecular flexibility index (Phi) is 4.71. The fourth-order valence-electron chi connectivity index (χ4n) is 2.69. The van der Waals surface area contributed by atoms with Gasteiger partial charge in [-0.25, -0.2) is 15.5 Å². The summed E-state index contributed by atoms with van der Waals surface area (Å²) >= 11 is 0. The highest BCUT2D eigenvalue weighted by Gasteiger charge is 2.14. The zero-order valence-corrected chi connectivity index (χ0v) is 13.9. The molecule has 4 rings (SSSR count). The van der Waals surface area contributed by atoms with Crippen molar-refractivity contribution in [3.8, 4) is 5.69 Å². The molecule has 1 aromatic heterocycles. The van der Waals surface area contributed by atoms with Crippen molar-refractivity contribution in [3.63, 3.8) is 0 Å². The Labute approximate surface area is 150 Å². The number of carbonyl (C=O) groups excluding carboxylic acids is 1. The van der Waals surface area contributed by atoms with Crippen molar-refractivity contribution in [1.29, 1.82) is 0 Å². The topological polar surface area (TPSA) is 95.0 Å². The molecule has 1 aliphatic rings. The molecule has 8 nitrogen and oxygen atoms in total. The Bertz CT molecular complexity index is 870. The number of benzene rings is 2. The van der Waals surface area contributed by atoms with Crippen LogP contribution in [0.15, 0.2) is 67.0 Å². The van der Waals surface area contributed by atoms with E-state index in [1.165, 1.54) is 0 Å². The molecule has 1 amide bonds. The van der Waals surface area contributed by atoms with E-state index in [4.69, 9.17) is 0 Å². The number of nitrogens with one attached hydrogen (secondary N) is 5. The minimum atomic E-state index is -0.149. The van der Waals surface area contributed by atoms with E-state index in [9.17, 15) is 4.79 Å². The van der Waals surface area contributed by atoms with Gasteiger partial charge in [0.1, 0.15) is 6.17 Å². The molecule has 26 heavy (non-hydrogen) atoms. The highest BCUT2D eigenvalue weighted by Crippen LogP contribution is 2.12. The number of aromatic nitrogens is 2. The van der Waals surface area contributed by atoms with Crippen molar-refractivity contribution in [1.82, 2.24) is 37.0 Å². The molecule has 0 unspecified atom stereocenters. The summed E-state index contributed by atoms with van der Waals surface area (Å²) in [6, 6.07) is 17.7. The average molecular weight is 349 g/mol. The smallest absolute Gasteiger partial charge is 0.254 e. The number of para-hydroxylation sites is 1. The predicted octanol–water partition coefficient (Wildman–Crippen LogP) is 0.918. The second kappa shape index (κ2) is 7.46. The van der Waals surface area contributed by atoms with Crippen LogP contribution in [0.4, 0.5) is 0 Å². The second-order valence-electron chi connectivity index (χ2n) is 5.91. The molecule has 0 bridgehead atoms. The standard InChI is InChI=1S/C18H19N7O/c26-18(15-11-20-25(12-15)16-4-2-1-3-5-16)19-10-13-6-8-14(9-7-13)17-21-23-24-22-17/h1-9,11-12,17,21-24H,10H2,(H,19,26). The molecule has 1 saturated heterocycles. The van der Waals surface area contributed by atoms with Crippen LogP contribution in [0.5, 0.6) is 0 Å². The molecule has 2 aromatic carbocycles. The van der Waals surface area contributed by atoms with E-state index in [-0.39, 0.29) is 12.1 Å². The van der Waals surface area contributed by atoms with Crippen LogP contribution in [-0.2, 0) is 6.54 Å². The molecule has 3 aromatic rings. The molecule has 2 heterocycles. The molecular formula is C18H19N7O. The van der Waals surface area contributed by atoms with Crippen molar-refractivity contribution in [2.45, 2.75) is 12.7 Å². The van der Waals surface area contributed by atoms with Crippen molar-refractivity contribution in [3.05, 3.63) is 83.7 Å². The lowest BCUT2D eigenvalue weighted by atomic mass is 10.1. The minimum absolute atomic E-state index is 0.00228. The molecule has 8 heteroatoms. The third kappa shape index (κ3) is 3.63. The quantitative estimate of drug-likeness (QED) is 0.470. The molecule has 0 aliphatic carbocycles. The van der Waals surface area contributed by atoms with E-state index >= 15 is 0 Å². The van der Waals surface area contributed by atoms with E-state index in [0.29, 0.717) is 12.1 Å². The van der Waals surface area contributed by atoms with Gasteiger partial charge >= 0.3 is 0 Å². The SMILES string of the molecule is O=C(NCc1ccc(C2NNNN2)cc1)c1cnn(-c2ccccc2)c1. The first-order chi connectivity index (χ1) is 12.8. The number of hydrogen-bond donors (Lipinski definition) is 5. The Hall–Kier alpha value is -3.04. The molecule has 0 radical (unpaired) electrons. The highest BCUT2D eigenvalue weighted by molar-refractivity contribution is 5.93. The summed E-state index contributed by atoms with van der Waals surface area (Å²) in [6.07, 6.45) is 3.30. The van der Waals surface area contributed by atoms with Gasteiger partial charge in [0.05, 0.1) is 17.4 Å². The maximum atomic E-state index is 12.3. The fourth-order valence-corrected chi connectivity index (χ4v) is 2.69. The summed E-state index contributed by atoms with van der Waals surface area (Å²) in [4.78, 5) is 12.3. The van der Waals surface area contributed by atoms with Crippen molar-refractivity contribution in [2.75, 3.05) is 0 Å². The van der Waals surface area contributed by atoms with E-state index in [1.807, 2.05) is 54.6 Å². The Morgan fingerprint density at radius 2 is 1.77 bits per heavy atom. The van der Waals surface area contributed by atoms with E-state index in [0.717, 1.165) is 16.8 Å². The molecule has 5 N–H and O–H groups in total. The zero-order valence-electron chi connectivity index (χ0n) is 13.9. The Morgan fingerprint density at radius 3 is 2.50 bits per heavy atom. The Morgan fingerprint density at radius 1 is 1.04 bits per heavy atom. The summed E-state index contributed by atoms with van der Waals surface area (Å²) in [7, 11) is 0. The lowest BCUT2D eigenvalue weighted by Crippen LogP contribution is -2.33. The van der Waals surface area contributed by atoms with Gasteiger partial charge in [-0.3, -0.25) is 4.79 Å². The van der Waals surface area contributed by atoms with Gasteiger partial charge in [0, 0.05) is 12.7 Å². The zero-order chi connectivity index (χ0) is 17.8. The maximum Gasteiger partial charge on any atom is 0.254 e. The number of amides is 1. The molecular weight excluding hydrogens is 330 g/mol. The van der Waals surface area contributed by atoms with Crippen LogP contribution in [0.3, 0.4) is 0 Å². The van der Waals surface area contributed by atoms with Gasteiger partial charge in [-0.05, 0) is 23.3 Å². The van der Waals surface area contributed by atoms with Crippen LogP contribution in [0.2, 0.25) is 0 Å². The van der Waals surface area contributed by atoms with Crippen molar-refractivity contribution < 1.29 is 4.79 Å². The normalized spacial score (nSPS) is 14.5. The van der Waals surface area contributed by atoms with Gasteiger partial charge < -0.3 is 5.32 Å². The largest absolute Gasteiger partial charge is 0.348 e. The van der Waals surface area contributed by atoms with E-state index < -0.39 is 0 Å². The molecule has 0 saturated carbocycles. The third-order valence-electron chi connectivity index (χ3n) is 4.13. The maximum absolute atomic E-state index is 12.3. The third-order valence-corrected chi connectivity index (χ3v) is 4.13. The van der Waals surface area contributed by atoms with Gasteiger partial charge in [-0.2, -0.15) is 16.2 Å². The lowest BCUT2D eigenvalue weighted by Gasteiger charge is -2.10. The highest BCUT2D eigenvalue weighted by atomic mass is 16.1. The van der Waals surface area contributed by atoms with Crippen LogP contribution in [0.25, 0.3) is 5.69 Å². The molecule has 0 spiro atoms. The van der Waals surface area contributed by atoms with Crippen LogP contribution >= 0.6 is 0 Å². The second-order valence-corrected chi connectivity index (χ2v) is 5.91. The summed E-state index contributed by atoms with van der Waals surface area (Å²) < 4.78 is 1.69. The van der Waals surface area contributed by atoms with Crippen LogP contribution in [0, 0.1) is 0 Å². The van der Waals surface area contributed by atoms with Gasteiger partial charge in [-0.1, -0.05) is 42.5 Å². The first-order valence-corrected chi connectivity index (χ1v) is 8.28. The van der Waals surface area contributed by atoms with Crippen LogP contribution in [-0.4, -0.2) is 15.7 Å². The average Bonchev–Trinajstić information content (AvgIpc) is 3.39. The van der Waals surface area contributed by atoms with Gasteiger partial charge in [0.25, 0.3) is 5.91 Å². The summed E-state index contributed by atoms with van der Waals surface area (Å²) in [6.45, 7) is 0.456. The van der Waals surface area contributed by atoms with Crippen LogP contribution in [0.1, 0.15) is 27.7 Å². The number of hydrogen-bond acceptors (Lipinski definition) is 6. The predicted molar refractivity (Wildman–Crippen MR) is 96.5 cm³/mol. The monoisotopic (exact) mass is 349 g/mol. The summed E-state index contributed by atoms with van der Waals surface area (Å²) in [5.41, 5.74) is 15.2. The summed E-state index contributed by atoms with van der Waals surface area (Å²) in [5.74, 6) is -0.149. The first kappa shape index (κ1) is 16.4. The molecule has 0 atom stereocenters. The number of carbonyl (C=O) groups is 1. The van der Waals surface area contributed by atoms with Crippen LogP contribution < -0.4 is 27.2 Å².